The number of aromatic nitrogens is 4. The number of thiazole rings is 1. The van der Waals surface area contributed by atoms with E-state index in [-0.39, 0.29) is 0 Å². The zero-order valence-corrected chi connectivity index (χ0v) is 14.4. The van der Waals surface area contributed by atoms with E-state index in [9.17, 15) is 0 Å². The number of nitrogens with zero attached hydrogens (tertiary/aromatic N) is 5. The Hall–Kier alpha value is -1.27. The Bertz CT molecular complexity index is 602. The Morgan fingerprint density at radius 1 is 1.13 bits per heavy atom. The van der Waals surface area contributed by atoms with E-state index < -0.39 is 0 Å². The van der Waals surface area contributed by atoms with Crippen LogP contribution in [0.5, 0.6) is 0 Å². The SMILES string of the molecule is c1ncn(CC2CCCCN2Cc2csc(C3CCCC3)n2)n1. The molecular formula is C17H25N5S. The molecule has 1 aliphatic heterocycles. The second-order valence-corrected chi connectivity index (χ2v) is 7.79. The van der Waals surface area contributed by atoms with Crippen molar-refractivity contribution in [1.29, 1.82) is 0 Å². The van der Waals surface area contributed by atoms with E-state index >= 15 is 0 Å². The van der Waals surface area contributed by atoms with E-state index in [1.807, 2.05) is 22.3 Å². The van der Waals surface area contributed by atoms with Crippen LogP contribution in [0.25, 0.3) is 0 Å². The van der Waals surface area contributed by atoms with E-state index in [1.54, 1.807) is 6.33 Å². The van der Waals surface area contributed by atoms with Gasteiger partial charge in [0.05, 0.1) is 17.2 Å². The van der Waals surface area contributed by atoms with E-state index in [0.29, 0.717) is 6.04 Å². The minimum atomic E-state index is 0.557. The molecule has 2 fully saturated rings. The topological polar surface area (TPSA) is 46.8 Å². The van der Waals surface area contributed by atoms with Gasteiger partial charge in [-0.1, -0.05) is 19.3 Å². The van der Waals surface area contributed by atoms with Crippen molar-refractivity contribution in [3.8, 4) is 0 Å². The van der Waals surface area contributed by atoms with Gasteiger partial charge in [-0.25, -0.2) is 9.97 Å². The first-order chi connectivity index (χ1) is 11.4. The van der Waals surface area contributed by atoms with Crippen molar-refractivity contribution in [3.05, 3.63) is 28.7 Å². The predicted octanol–water partition coefficient (Wildman–Crippen LogP) is 3.45. The van der Waals surface area contributed by atoms with Crippen LogP contribution >= 0.6 is 11.3 Å². The molecule has 1 aliphatic carbocycles. The molecule has 6 heteroatoms. The molecule has 124 valence electrons. The predicted molar refractivity (Wildman–Crippen MR) is 91.4 cm³/mol. The Kier molecular flexibility index (Phi) is 4.71. The third-order valence-corrected chi connectivity index (χ3v) is 6.31. The summed E-state index contributed by atoms with van der Waals surface area (Å²) < 4.78 is 1.97. The van der Waals surface area contributed by atoms with Gasteiger partial charge in [0.2, 0.25) is 0 Å². The zero-order chi connectivity index (χ0) is 15.5. The van der Waals surface area contributed by atoms with Crippen LogP contribution in [0.4, 0.5) is 0 Å². The normalized spacial score (nSPS) is 23.6. The van der Waals surface area contributed by atoms with Gasteiger partial charge in [0, 0.05) is 23.9 Å². The summed E-state index contributed by atoms with van der Waals surface area (Å²) in [6.07, 6.45) is 12.8. The molecule has 4 rings (SSSR count). The zero-order valence-electron chi connectivity index (χ0n) is 13.6. The summed E-state index contributed by atoms with van der Waals surface area (Å²) in [7, 11) is 0. The van der Waals surface area contributed by atoms with Crippen LogP contribution in [0.3, 0.4) is 0 Å². The highest BCUT2D eigenvalue weighted by Gasteiger charge is 2.25. The smallest absolute Gasteiger partial charge is 0.137 e. The van der Waals surface area contributed by atoms with Crippen molar-refractivity contribution in [2.24, 2.45) is 0 Å². The molecule has 5 nitrogen and oxygen atoms in total. The van der Waals surface area contributed by atoms with Gasteiger partial charge in [0.1, 0.15) is 12.7 Å². The number of likely N-dealkylation sites (tertiary alicyclic amines) is 1. The molecule has 1 unspecified atom stereocenters. The van der Waals surface area contributed by atoms with E-state index in [2.05, 4.69) is 20.4 Å². The molecule has 1 saturated carbocycles. The summed E-state index contributed by atoms with van der Waals surface area (Å²) in [6.45, 7) is 3.11. The lowest BCUT2D eigenvalue weighted by molar-refractivity contribution is 0.120. The van der Waals surface area contributed by atoms with Crippen molar-refractivity contribution in [2.45, 2.75) is 70.0 Å². The second kappa shape index (κ2) is 7.09. The van der Waals surface area contributed by atoms with Gasteiger partial charge in [-0.2, -0.15) is 5.10 Å². The average molecular weight is 331 g/mol. The highest BCUT2D eigenvalue weighted by molar-refractivity contribution is 7.09. The number of rotatable bonds is 5. The van der Waals surface area contributed by atoms with Gasteiger partial charge in [-0.3, -0.25) is 9.58 Å². The third kappa shape index (κ3) is 3.63. The molecule has 0 bridgehead atoms. The van der Waals surface area contributed by atoms with Crippen molar-refractivity contribution in [3.63, 3.8) is 0 Å². The summed E-state index contributed by atoms with van der Waals surface area (Å²) >= 11 is 1.88. The fraction of sp³-hybridized carbons (Fsp3) is 0.706. The van der Waals surface area contributed by atoms with Crippen LogP contribution in [0.15, 0.2) is 18.0 Å². The maximum Gasteiger partial charge on any atom is 0.137 e. The lowest BCUT2D eigenvalue weighted by atomic mass is 10.0. The van der Waals surface area contributed by atoms with Gasteiger partial charge in [0.15, 0.2) is 0 Å². The molecule has 3 heterocycles. The van der Waals surface area contributed by atoms with Crippen LogP contribution in [0.1, 0.15) is 61.6 Å². The summed E-state index contributed by atoms with van der Waals surface area (Å²) in [5.41, 5.74) is 1.27. The summed E-state index contributed by atoms with van der Waals surface area (Å²) in [5, 5.41) is 7.94. The Morgan fingerprint density at radius 2 is 2.00 bits per heavy atom. The first kappa shape index (κ1) is 15.3. The molecule has 0 aromatic carbocycles. The van der Waals surface area contributed by atoms with Crippen molar-refractivity contribution in [2.75, 3.05) is 6.54 Å². The average Bonchev–Trinajstić information content (AvgIpc) is 3.31. The summed E-state index contributed by atoms with van der Waals surface area (Å²) in [4.78, 5) is 11.6. The minimum absolute atomic E-state index is 0.557. The summed E-state index contributed by atoms with van der Waals surface area (Å²) in [6, 6.07) is 0.557. The van der Waals surface area contributed by atoms with Gasteiger partial charge < -0.3 is 0 Å². The maximum atomic E-state index is 4.96. The largest absolute Gasteiger partial charge is 0.293 e. The first-order valence-electron chi connectivity index (χ1n) is 8.89. The molecule has 2 aliphatic rings. The van der Waals surface area contributed by atoms with Crippen LogP contribution < -0.4 is 0 Å². The number of piperidine rings is 1. The van der Waals surface area contributed by atoms with Gasteiger partial charge in [-0.05, 0) is 32.2 Å². The van der Waals surface area contributed by atoms with Gasteiger partial charge in [-0.15, -0.1) is 11.3 Å². The number of hydrogen-bond acceptors (Lipinski definition) is 5. The van der Waals surface area contributed by atoms with Gasteiger partial charge >= 0.3 is 0 Å². The Morgan fingerprint density at radius 3 is 2.83 bits per heavy atom. The Balaban J connectivity index is 1.41. The van der Waals surface area contributed by atoms with Crippen LogP contribution in [-0.2, 0) is 13.1 Å². The second-order valence-electron chi connectivity index (χ2n) is 6.90. The van der Waals surface area contributed by atoms with E-state index in [0.717, 1.165) is 19.0 Å². The van der Waals surface area contributed by atoms with Crippen molar-refractivity contribution < 1.29 is 0 Å². The molecule has 0 N–H and O–H groups in total. The quantitative estimate of drug-likeness (QED) is 0.842. The Labute approximate surface area is 141 Å². The molecule has 0 amide bonds. The molecule has 2 aromatic rings. The van der Waals surface area contributed by atoms with Crippen LogP contribution in [0, 0.1) is 0 Å². The van der Waals surface area contributed by atoms with E-state index in [4.69, 9.17) is 4.98 Å². The highest BCUT2D eigenvalue weighted by atomic mass is 32.1. The van der Waals surface area contributed by atoms with Gasteiger partial charge in [0.25, 0.3) is 0 Å². The highest BCUT2D eigenvalue weighted by Crippen LogP contribution is 2.35. The monoisotopic (exact) mass is 331 g/mol. The standard InChI is InChI=1S/C17H25N5S/c1-2-6-14(5-1)17-20-15(11-23-17)9-21-8-4-3-7-16(21)10-22-13-18-12-19-22/h11-14,16H,1-10H2. The van der Waals surface area contributed by atoms with Crippen LogP contribution in [-0.4, -0.2) is 37.2 Å². The molecule has 0 spiro atoms. The molecular weight excluding hydrogens is 306 g/mol. The fourth-order valence-corrected chi connectivity index (χ4v) is 4.96. The van der Waals surface area contributed by atoms with Crippen molar-refractivity contribution >= 4 is 11.3 Å². The lowest BCUT2D eigenvalue weighted by Crippen LogP contribution is -2.41. The summed E-state index contributed by atoms with van der Waals surface area (Å²) in [5.74, 6) is 0.737. The maximum absolute atomic E-state index is 4.96. The number of hydrogen-bond donors (Lipinski definition) is 0. The fourth-order valence-electron chi connectivity index (χ4n) is 3.98. The lowest BCUT2D eigenvalue weighted by Gasteiger charge is -2.35. The molecule has 0 radical (unpaired) electrons. The third-order valence-electron chi connectivity index (χ3n) is 5.25. The molecule has 2 aromatic heterocycles. The first-order valence-corrected chi connectivity index (χ1v) is 9.77. The van der Waals surface area contributed by atoms with E-state index in [1.165, 1.54) is 62.2 Å². The molecule has 23 heavy (non-hydrogen) atoms. The minimum Gasteiger partial charge on any atom is -0.293 e. The molecule has 1 atom stereocenters. The van der Waals surface area contributed by atoms with Crippen molar-refractivity contribution in [1.82, 2.24) is 24.6 Å². The van der Waals surface area contributed by atoms with Crippen LogP contribution in [0.2, 0.25) is 0 Å². The molecule has 1 saturated heterocycles.